The van der Waals surface area contributed by atoms with E-state index < -0.39 is 0 Å². The molecule has 2 rings (SSSR count). The van der Waals surface area contributed by atoms with Crippen molar-refractivity contribution in [3.05, 3.63) is 38.4 Å². The number of anilines is 2. The molecule has 0 fully saturated rings. The summed E-state index contributed by atoms with van der Waals surface area (Å²) in [5.41, 5.74) is 9.42. The summed E-state index contributed by atoms with van der Waals surface area (Å²) in [5, 5.41) is 3.35. The van der Waals surface area contributed by atoms with Gasteiger partial charge in [-0.3, -0.25) is 4.98 Å². The first kappa shape index (κ1) is 10.7. The Hall–Kier alpha value is -0.820. The molecular formula is C10H10IN3S. The summed E-state index contributed by atoms with van der Waals surface area (Å²) in [7, 11) is 0. The Balaban J connectivity index is 2.05. The minimum Gasteiger partial charge on any atom is -0.399 e. The van der Waals surface area contributed by atoms with Crippen molar-refractivity contribution < 1.29 is 0 Å². The first-order valence-corrected chi connectivity index (χ1v) is 6.38. The minimum absolute atomic E-state index is 0.794. The second kappa shape index (κ2) is 4.80. The molecular weight excluding hydrogens is 321 g/mol. The van der Waals surface area contributed by atoms with Crippen molar-refractivity contribution in [1.29, 1.82) is 0 Å². The van der Waals surface area contributed by atoms with E-state index in [1.54, 1.807) is 11.3 Å². The number of halogens is 1. The van der Waals surface area contributed by atoms with Crippen molar-refractivity contribution in [2.24, 2.45) is 0 Å². The first-order valence-electron chi connectivity index (χ1n) is 4.42. The molecule has 0 aliphatic rings. The number of hydrogen-bond donors (Lipinski definition) is 2. The number of thiazole rings is 1. The Bertz CT molecular complexity index is 442. The van der Waals surface area contributed by atoms with Gasteiger partial charge in [0.2, 0.25) is 0 Å². The molecule has 1 aromatic heterocycles. The molecule has 0 saturated carbocycles. The molecule has 1 aromatic carbocycles. The van der Waals surface area contributed by atoms with E-state index >= 15 is 0 Å². The topological polar surface area (TPSA) is 50.9 Å². The van der Waals surface area contributed by atoms with Crippen LogP contribution in [0.4, 0.5) is 11.4 Å². The fourth-order valence-electron chi connectivity index (χ4n) is 1.19. The second-order valence-corrected chi connectivity index (χ2v) is 5.19. The highest BCUT2D eigenvalue weighted by Gasteiger charge is 2.00. The van der Waals surface area contributed by atoms with Crippen LogP contribution >= 0.6 is 33.9 Å². The Morgan fingerprint density at radius 3 is 3.00 bits per heavy atom. The monoisotopic (exact) mass is 331 g/mol. The van der Waals surface area contributed by atoms with E-state index in [0.29, 0.717) is 0 Å². The maximum absolute atomic E-state index is 5.68. The third-order valence-corrected chi connectivity index (χ3v) is 3.60. The van der Waals surface area contributed by atoms with Crippen LogP contribution in [-0.2, 0) is 6.54 Å². The quantitative estimate of drug-likeness (QED) is 0.672. The number of nitrogens with two attached hydrogens (primary N) is 1. The Kier molecular flexibility index (Phi) is 3.42. The van der Waals surface area contributed by atoms with Gasteiger partial charge < -0.3 is 11.1 Å². The summed E-state index contributed by atoms with van der Waals surface area (Å²) < 4.78 is 1.14. The van der Waals surface area contributed by atoms with Crippen LogP contribution in [0.1, 0.15) is 4.88 Å². The van der Waals surface area contributed by atoms with Gasteiger partial charge in [0.25, 0.3) is 0 Å². The number of nitrogens with zero attached hydrogens (tertiary/aromatic N) is 1. The van der Waals surface area contributed by atoms with Gasteiger partial charge in [0.05, 0.1) is 12.1 Å². The number of benzene rings is 1. The first-order chi connectivity index (χ1) is 7.25. The SMILES string of the molecule is Nc1ccc(NCc2cncs2)c(I)c1. The molecule has 0 bridgehead atoms. The lowest BCUT2D eigenvalue weighted by molar-refractivity contribution is 1.17. The number of aromatic nitrogens is 1. The molecule has 1 heterocycles. The number of nitrogens with one attached hydrogen (secondary N) is 1. The molecule has 5 heteroatoms. The Morgan fingerprint density at radius 1 is 1.47 bits per heavy atom. The normalized spacial score (nSPS) is 10.2. The molecule has 0 radical (unpaired) electrons. The van der Waals surface area contributed by atoms with Gasteiger partial charge in [-0.15, -0.1) is 11.3 Å². The summed E-state index contributed by atoms with van der Waals surface area (Å²) in [4.78, 5) is 5.25. The average Bonchev–Trinajstić information content (AvgIpc) is 2.69. The molecule has 0 unspecified atom stereocenters. The molecule has 3 nitrogen and oxygen atoms in total. The highest BCUT2D eigenvalue weighted by Crippen LogP contribution is 2.21. The van der Waals surface area contributed by atoms with E-state index in [1.165, 1.54) is 4.88 Å². The van der Waals surface area contributed by atoms with E-state index in [4.69, 9.17) is 5.73 Å². The van der Waals surface area contributed by atoms with Crippen LogP contribution in [-0.4, -0.2) is 4.98 Å². The van der Waals surface area contributed by atoms with E-state index in [0.717, 1.165) is 21.5 Å². The van der Waals surface area contributed by atoms with Crippen LogP contribution in [0.25, 0.3) is 0 Å². The summed E-state index contributed by atoms with van der Waals surface area (Å²) in [6.07, 6.45) is 1.88. The van der Waals surface area contributed by atoms with Gasteiger partial charge in [0.1, 0.15) is 0 Å². The number of hydrogen-bond acceptors (Lipinski definition) is 4. The smallest absolute Gasteiger partial charge is 0.0794 e. The van der Waals surface area contributed by atoms with Crippen molar-refractivity contribution in [3.63, 3.8) is 0 Å². The summed E-state index contributed by atoms with van der Waals surface area (Å²) in [6, 6.07) is 5.85. The number of rotatable bonds is 3. The van der Waals surface area contributed by atoms with Gasteiger partial charge in [-0.1, -0.05) is 0 Å². The molecule has 2 aromatic rings. The Labute approximate surface area is 106 Å². The molecule has 0 spiro atoms. The molecule has 0 amide bonds. The largest absolute Gasteiger partial charge is 0.399 e. The van der Waals surface area contributed by atoms with Gasteiger partial charge in [-0.2, -0.15) is 0 Å². The van der Waals surface area contributed by atoms with E-state index in [2.05, 4.69) is 32.9 Å². The van der Waals surface area contributed by atoms with Crippen molar-refractivity contribution in [2.45, 2.75) is 6.54 Å². The van der Waals surface area contributed by atoms with E-state index in [1.807, 2.05) is 29.9 Å². The van der Waals surface area contributed by atoms with Gasteiger partial charge >= 0.3 is 0 Å². The molecule has 0 atom stereocenters. The van der Waals surface area contributed by atoms with Gasteiger partial charge in [0.15, 0.2) is 0 Å². The average molecular weight is 331 g/mol. The molecule has 0 aliphatic carbocycles. The summed E-state index contributed by atoms with van der Waals surface area (Å²) >= 11 is 3.92. The molecule has 15 heavy (non-hydrogen) atoms. The molecule has 3 N–H and O–H groups in total. The van der Waals surface area contributed by atoms with Crippen LogP contribution < -0.4 is 11.1 Å². The summed E-state index contributed by atoms with van der Waals surface area (Å²) in [5.74, 6) is 0. The zero-order valence-corrected chi connectivity index (χ0v) is 10.9. The Morgan fingerprint density at radius 2 is 2.33 bits per heavy atom. The van der Waals surface area contributed by atoms with Crippen LogP contribution in [0.3, 0.4) is 0 Å². The highest BCUT2D eigenvalue weighted by atomic mass is 127. The maximum Gasteiger partial charge on any atom is 0.0794 e. The van der Waals surface area contributed by atoms with Crippen LogP contribution in [0, 0.1) is 3.57 Å². The van der Waals surface area contributed by atoms with Crippen molar-refractivity contribution in [2.75, 3.05) is 11.1 Å². The van der Waals surface area contributed by atoms with Gasteiger partial charge in [-0.25, -0.2) is 0 Å². The number of nitrogen functional groups attached to an aromatic ring is 1. The third kappa shape index (κ3) is 2.82. The van der Waals surface area contributed by atoms with Gasteiger partial charge in [-0.05, 0) is 40.8 Å². The van der Waals surface area contributed by atoms with Crippen molar-refractivity contribution in [1.82, 2.24) is 4.98 Å². The van der Waals surface area contributed by atoms with Crippen LogP contribution in [0.5, 0.6) is 0 Å². The van der Waals surface area contributed by atoms with Crippen molar-refractivity contribution in [3.8, 4) is 0 Å². The van der Waals surface area contributed by atoms with Crippen molar-refractivity contribution >= 4 is 45.3 Å². The predicted octanol–water partition coefficient (Wildman–Crippen LogP) is 2.94. The molecule has 78 valence electrons. The zero-order valence-electron chi connectivity index (χ0n) is 7.90. The standard InChI is InChI=1S/C10H10IN3S/c11-9-3-7(12)1-2-10(9)14-5-8-4-13-6-15-8/h1-4,6,14H,5,12H2. The van der Waals surface area contributed by atoms with Crippen LogP contribution in [0.15, 0.2) is 29.9 Å². The lowest BCUT2D eigenvalue weighted by atomic mass is 10.3. The summed E-state index contributed by atoms with van der Waals surface area (Å²) in [6.45, 7) is 0.810. The maximum atomic E-state index is 5.68. The lowest BCUT2D eigenvalue weighted by Crippen LogP contribution is -1.99. The second-order valence-electron chi connectivity index (χ2n) is 3.06. The third-order valence-electron chi connectivity index (χ3n) is 1.93. The minimum atomic E-state index is 0.794. The lowest BCUT2D eigenvalue weighted by Gasteiger charge is -2.07. The molecule has 0 aliphatic heterocycles. The van der Waals surface area contributed by atoms with Crippen LogP contribution in [0.2, 0.25) is 0 Å². The molecule has 0 saturated heterocycles. The fourth-order valence-corrected chi connectivity index (χ4v) is 2.45. The van der Waals surface area contributed by atoms with E-state index in [9.17, 15) is 0 Å². The van der Waals surface area contributed by atoms with Gasteiger partial charge in [0, 0.05) is 26.0 Å². The zero-order chi connectivity index (χ0) is 10.7. The van der Waals surface area contributed by atoms with E-state index in [-0.39, 0.29) is 0 Å². The highest BCUT2D eigenvalue weighted by molar-refractivity contribution is 14.1. The fraction of sp³-hybridized carbons (Fsp3) is 0.100. The predicted molar refractivity (Wildman–Crippen MR) is 73.0 cm³/mol.